The number of methoxy groups -OCH3 is 2. The van der Waals surface area contributed by atoms with Crippen LogP contribution in [0.4, 0.5) is 10.8 Å². The Kier molecular flexibility index (Phi) is 6.70. The topological polar surface area (TPSA) is 107 Å². The van der Waals surface area contributed by atoms with Crippen LogP contribution in [0.3, 0.4) is 0 Å². The van der Waals surface area contributed by atoms with Crippen molar-refractivity contribution in [2.45, 2.75) is 4.90 Å². The molecule has 0 saturated heterocycles. The number of hydrogen-bond donors (Lipinski definition) is 2. The van der Waals surface area contributed by atoms with E-state index in [0.29, 0.717) is 17.2 Å². The number of hydrogen-bond acceptors (Lipinski definition) is 7. The van der Waals surface area contributed by atoms with Gasteiger partial charge in [0.25, 0.3) is 10.0 Å². The van der Waals surface area contributed by atoms with Crippen molar-refractivity contribution in [3.8, 4) is 11.5 Å². The molecule has 0 aliphatic carbocycles. The molecule has 0 atom stereocenters. The molecule has 0 radical (unpaired) electrons. The first kappa shape index (κ1) is 21.3. The predicted molar refractivity (Wildman–Crippen MR) is 117 cm³/mol. The predicted octanol–water partition coefficient (Wildman–Crippen LogP) is 3.61. The lowest BCUT2D eigenvalue weighted by molar-refractivity contribution is -0.111. The highest BCUT2D eigenvalue weighted by molar-refractivity contribution is 7.93. The number of amides is 1. The third-order valence-corrected chi connectivity index (χ3v) is 6.05. The lowest BCUT2D eigenvalue weighted by atomic mass is 10.2. The Morgan fingerprint density at radius 3 is 2.60 bits per heavy atom. The molecule has 1 amide bonds. The van der Waals surface area contributed by atoms with Crippen molar-refractivity contribution < 1.29 is 22.7 Å². The molecule has 0 spiro atoms. The normalized spacial score (nSPS) is 11.3. The number of sulfonamides is 1. The molecule has 30 heavy (non-hydrogen) atoms. The van der Waals surface area contributed by atoms with E-state index < -0.39 is 15.9 Å². The van der Waals surface area contributed by atoms with Crippen LogP contribution in [0.1, 0.15) is 5.56 Å². The van der Waals surface area contributed by atoms with E-state index in [2.05, 4.69) is 15.0 Å². The molecule has 0 aliphatic heterocycles. The number of nitrogens with zero attached hydrogens (tertiary/aromatic N) is 1. The van der Waals surface area contributed by atoms with E-state index in [1.165, 1.54) is 42.9 Å². The van der Waals surface area contributed by atoms with E-state index in [1.54, 1.807) is 48.9 Å². The van der Waals surface area contributed by atoms with Gasteiger partial charge in [0.2, 0.25) is 5.91 Å². The zero-order chi connectivity index (χ0) is 21.6. The summed E-state index contributed by atoms with van der Waals surface area (Å²) < 4.78 is 37.7. The lowest BCUT2D eigenvalue weighted by Crippen LogP contribution is -2.14. The lowest BCUT2D eigenvalue weighted by Gasteiger charge is -2.08. The SMILES string of the molecule is COc1ccc(C=CC(=O)Nc2cccc(S(=O)(=O)Nc3nccs3)c2)cc1OC. The van der Waals surface area contributed by atoms with E-state index in [0.717, 1.165) is 5.56 Å². The fraction of sp³-hybridized carbons (Fsp3) is 0.100. The highest BCUT2D eigenvalue weighted by atomic mass is 32.2. The minimum atomic E-state index is -3.81. The van der Waals surface area contributed by atoms with Gasteiger partial charge in [-0.25, -0.2) is 13.4 Å². The average molecular weight is 446 g/mol. The Balaban J connectivity index is 1.70. The van der Waals surface area contributed by atoms with Crippen molar-refractivity contribution in [3.05, 3.63) is 65.7 Å². The van der Waals surface area contributed by atoms with Crippen LogP contribution in [-0.4, -0.2) is 33.5 Å². The smallest absolute Gasteiger partial charge is 0.263 e. The second kappa shape index (κ2) is 9.42. The van der Waals surface area contributed by atoms with E-state index in [9.17, 15) is 13.2 Å². The van der Waals surface area contributed by atoms with Crippen LogP contribution in [0.15, 0.2) is 65.0 Å². The van der Waals surface area contributed by atoms with Gasteiger partial charge in [-0.05, 0) is 42.0 Å². The fourth-order valence-corrected chi connectivity index (χ4v) is 4.34. The molecule has 0 aliphatic rings. The van der Waals surface area contributed by atoms with Crippen LogP contribution in [0.25, 0.3) is 6.08 Å². The molecule has 1 aromatic heterocycles. The summed E-state index contributed by atoms with van der Waals surface area (Å²) in [5.41, 5.74) is 1.09. The number of ether oxygens (including phenoxy) is 2. The zero-order valence-electron chi connectivity index (χ0n) is 16.2. The van der Waals surface area contributed by atoms with Gasteiger partial charge < -0.3 is 14.8 Å². The number of carbonyl (C=O) groups excluding carboxylic acids is 1. The van der Waals surface area contributed by atoms with Crippen LogP contribution in [0.2, 0.25) is 0 Å². The molecule has 2 aromatic carbocycles. The van der Waals surface area contributed by atoms with Crippen molar-refractivity contribution in [1.29, 1.82) is 0 Å². The Morgan fingerprint density at radius 2 is 1.90 bits per heavy atom. The third kappa shape index (κ3) is 5.37. The quantitative estimate of drug-likeness (QED) is 0.513. The Morgan fingerprint density at radius 1 is 1.10 bits per heavy atom. The molecule has 0 fully saturated rings. The summed E-state index contributed by atoms with van der Waals surface area (Å²) in [7, 11) is -0.735. The molecule has 3 rings (SSSR count). The van der Waals surface area contributed by atoms with E-state index in [4.69, 9.17) is 9.47 Å². The first-order chi connectivity index (χ1) is 14.4. The molecular formula is C20H19N3O5S2. The summed E-state index contributed by atoms with van der Waals surface area (Å²) in [5, 5.41) is 4.58. The number of carbonyl (C=O) groups is 1. The maximum absolute atomic E-state index is 12.5. The van der Waals surface area contributed by atoms with Gasteiger partial charge >= 0.3 is 0 Å². The van der Waals surface area contributed by atoms with Crippen molar-refractivity contribution in [2.24, 2.45) is 0 Å². The van der Waals surface area contributed by atoms with Gasteiger partial charge in [-0.2, -0.15) is 0 Å². The van der Waals surface area contributed by atoms with Crippen molar-refractivity contribution in [3.63, 3.8) is 0 Å². The van der Waals surface area contributed by atoms with Gasteiger partial charge in [0.1, 0.15) is 0 Å². The van der Waals surface area contributed by atoms with Gasteiger partial charge in [0, 0.05) is 23.3 Å². The van der Waals surface area contributed by atoms with Gasteiger partial charge in [-0.1, -0.05) is 12.1 Å². The highest BCUT2D eigenvalue weighted by Crippen LogP contribution is 2.28. The van der Waals surface area contributed by atoms with E-state index in [1.807, 2.05) is 0 Å². The molecule has 1 heterocycles. The molecule has 0 unspecified atom stereocenters. The first-order valence-corrected chi connectivity index (χ1v) is 11.0. The maximum atomic E-state index is 12.5. The summed E-state index contributed by atoms with van der Waals surface area (Å²) in [6.07, 6.45) is 4.46. The summed E-state index contributed by atoms with van der Waals surface area (Å²) >= 11 is 1.17. The average Bonchev–Trinajstić information content (AvgIpc) is 3.24. The minimum Gasteiger partial charge on any atom is -0.493 e. The number of aromatic nitrogens is 1. The minimum absolute atomic E-state index is 0.0133. The number of thiazole rings is 1. The largest absolute Gasteiger partial charge is 0.493 e. The van der Waals surface area contributed by atoms with Crippen LogP contribution in [0.5, 0.6) is 11.5 Å². The van der Waals surface area contributed by atoms with Crippen LogP contribution < -0.4 is 19.5 Å². The number of nitrogens with one attached hydrogen (secondary N) is 2. The summed E-state index contributed by atoms with van der Waals surface area (Å²) in [6, 6.07) is 11.2. The van der Waals surface area contributed by atoms with Crippen molar-refractivity contribution in [2.75, 3.05) is 24.3 Å². The number of rotatable bonds is 8. The zero-order valence-corrected chi connectivity index (χ0v) is 17.8. The molecule has 3 aromatic rings. The standard InChI is InChI=1S/C20H19N3O5S2/c1-27-17-8-6-14(12-18(17)28-2)7-9-19(24)22-15-4-3-5-16(13-15)30(25,26)23-20-21-10-11-29-20/h3-13H,1-2H3,(H,21,23)(H,22,24). The molecule has 0 bridgehead atoms. The maximum Gasteiger partial charge on any atom is 0.263 e. The van der Waals surface area contributed by atoms with Crippen molar-refractivity contribution >= 4 is 44.2 Å². The highest BCUT2D eigenvalue weighted by Gasteiger charge is 2.16. The second-order valence-corrected chi connectivity index (χ2v) is 8.48. The van der Waals surface area contributed by atoms with Gasteiger partial charge in [0.15, 0.2) is 16.6 Å². The number of anilines is 2. The van der Waals surface area contributed by atoms with Crippen LogP contribution in [0, 0.1) is 0 Å². The molecule has 2 N–H and O–H groups in total. The molecule has 8 nitrogen and oxygen atoms in total. The monoisotopic (exact) mass is 445 g/mol. The third-order valence-electron chi connectivity index (χ3n) is 3.90. The Labute approximate surface area is 178 Å². The molecule has 156 valence electrons. The van der Waals surface area contributed by atoms with Crippen molar-refractivity contribution in [1.82, 2.24) is 4.98 Å². The summed E-state index contributed by atoms with van der Waals surface area (Å²) in [4.78, 5) is 16.2. The summed E-state index contributed by atoms with van der Waals surface area (Å²) in [6.45, 7) is 0. The van der Waals surface area contributed by atoms with Gasteiger partial charge in [-0.15, -0.1) is 11.3 Å². The fourth-order valence-electron chi connectivity index (χ4n) is 2.50. The molecular weight excluding hydrogens is 426 g/mol. The van der Waals surface area contributed by atoms with Crippen LogP contribution >= 0.6 is 11.3 Å². The molecule has 10 heteroatoms. The first-order valence-electron chi connectivity index (χ1n) is 8.65. The number of benzene rings is 2. The van der Waals surface area contributed by atoms with E-state index in [-0.39, 0.29) is 10.0 Å². The second-order valence-electron chi connectivity index (χ2n) is 5.91. The van der Waals surface area contributed by atoms with Gasteiger partial charge in [0.05, 0.1) is 19.1 Å². The van der Waals surface area contributed by atoms with Crippen LogP contribution in [-0.2, 0) is 14.8 Å². The Hall–Kier alpha value is -3.37. The Bertz CT molecular complexity index is 1160. The molecule has 0 saturated carbocycles. The summed E-state index contributed by atoms with van der Waals surface area (Å²) in [5.74, 6) is 0.724. The van der Waals surface area contributed by atoms with E-state index >= 15 is 0 Å². The van der Waals surface area contributed by atoms with Gasteiger partial charge in [-0.3, -0.25) is 9.52 Å².